The molecule has 0 spiro atoms. The van der Waals surface area contributed by atoms with E-state index >= 15 is 0 Å². The molecule has 3 heterocycles. The van der Waals surface area contributed by atoms with Crippen molar-refractivity contribution in [3.8, 4) is 0 Å². The largest absolute Gasteiger partial charge is 0.339 e. The number of carbonyl (C=O) groups excluding carboxylic acids is 1. The number of amides is 2. The Morgan fingerprint density at radius 2 is 2.04 bits per heavy atom. The number of carbonyl (C=O) groups is 1. The first-order valence-corrected chi connectivity index (χ1v) is 8.15. The lowest BCUT2D eigenvalue weighted by molar-refractivity contribution is 0.200. The van der Waals surface area contributed by atoms with Crippen LogP contribution in [0.3, 0.4) is 0 Å². The molecule has 7 nitrogen and oxygen atoms in total. The number of piperidine rings is 1. The average molecular weight is 326 g/mol. The SMILES string of the molecule is CN(Cc1ccncc1)C(=O)N[C@H]1CCCN(c2ncccn2)C1. The minimum Gasteiger partial charge on any atom is -0.339 e. The number of aromatic nitrogens is 3. The molecule has 0 radical (unpaired) electrons. The van der Waals surface area contributed by atoms with Crippen LogP contribution in [0.2, 0.25) is 0 Å². The summed E-state index contributed by atoms with van der Waals surface area (Å²) < 4.78 is 0. The van der Waals surface area contributed by atoms with Crippen LogP contribution in [-0.2, 0) is 6.54 Å². The Kier molecular flexibility index (Phi) is 5.20. The second-order valence-corrected chi connectivity index (χ2v) is 5.99. The number of anilines is 1. The van der Waals surface area contributed by atoms with E-state index in [0.717, 1.165) is 37.4 Å². The van der Waals surface area contributed by atoms with Crippen LogP contribution < -0.4 is 10.2 Å². The monoisotopic (exact) mass is 326 g/mol. The number of pyridine rings is 1. The minimum absolute atomic E-state index is 0.0624. The molecule has 126 valence electrons. The van der Waals surface area contributed by atoms with Gasteiger partial charge >= 0.3 is 6.03 Å². The molecule has 0 aliphatic carbocycles. The molecule has 0 aromatic carbocycles. The number of hydrogen-bond donors (Lipinski definition) is 1. The molecule has 1 aliphatic rings. The van der Waals surface area contributed by atoms with E-state index in [-0.39, 0.29) is 12.1 Å². The molecule has 1 N–H and O–H groups in total. The summed E-state index contributed by atoms with van der Waals surface area (Å²) in [6.07, 6.45) is 8.94. The highest BCUT2D eigenvalue weighted by atomic mass is 16.2. The van der Waals surface area contributed by atoms with Gasteiger partial charge in [0.15, 0.2) is 0 Å². The van der Waals surface area contributed by atoms with Crippen LogP contribution >= 0.6 is 0 Å². The van der Waals surface area contributed by atoms with Gasteiger partial charge in [-0.05, 0) is 36.6 Å². The lowest BCUT2D eigenvalue weighted by Crippen LogP contribution is -2.51. The maximum absolute atomic E-state index is 12.4. The summed E-state index contributed by atoms with van der Waals surface area (Å²) in [6.45, 7) is 2.22. The fourth-order valence-corrected chi connectivity index (χ4v) is 2.85. The Labute approximate surface area is 141 Å². The number of hydrogen-bond acceptors (Lipinski definition) is 5. The fourth-order valence-electron chi connectivity index (χ4n) is 2.85. The predicted molar refractivity (Wildman–Crippen MR) is 91.5 cm³/mol. The zero-order valence-electron chi connectivity index (χ0n) is 13.8. The Morgan fingerprint density at radius 3 is 2.79 bits per heavy atom. The van der Waals surface area contributed by atoms with Gasteiger partial charge in [-0.3, -0.25) is 4.98 Å². The molecule has 0 saturated carbocycles. The van der Waals surface area contributed by atoms with Gasteiger partial charge in [0.2, 0.25) is 5.95 Å². The molecule has 2 aromatic rings. The van der Waals surface area contributed by atoms with Crippen LogP contribution in [0.15, 0.2) is 43.0 Å². The first-order valence-electron chi connectivity index (χ1n) is 8.15. The van der Waals surface area contributed by atoms with E-state index in [9.17, 15) is 4.79 Å². The predicted octanol–water partition coefficient (Wildman–Crippen LogP) is 1.68. The zero-order chi connectivity index (χ0) is 16.8. The molecule has 2 aromatic heterocycles. The summed E-state index contributed by atoms with van der Waals surface area (Å²) in [6, 6.07) is 5.68. The summed E-state index contributed by atoms with van der Waals surface area (Å²) in [5.41, 5.74) is 1.06. The molecule has 1 atom stereocenters. The van der Waals surface area contributed by atoms with Crippen LogP contribution in [-0.4, -0.2) is 52.1 Å². The highest BCUT2D eigenvalue weighted by Gasteiger charge is 2.23. The number of nitrogens with zero attached hydrogens (tertiary/aromatic N) is 5. The highest BCUT2D eigenvalue weighted by Crippen LogP contribution is 2.15. The number of nitrogens with one attached hydrogen (secondary N) is 1. The number of urea groups is 1. The average Bonchev–Trinajstić information content (AvgIpc) is 2.63. The number of rotatable bonds is 4. The molecule has 1 fully saturated rings. The summed E-state index contributed by atoms with van der Waals surface area (Å²) in [5.74, 6) is 0.724. The van der Waals surface area contributed by atoms with Crippen LogP contribution in [0.4, 0.5) is 10.7 Å². The van der Waals surface area contributed by atoms with Gasteiger partial charge in [0, 0.05) is 57.5 Å². The Balaban J connectivity index is 1.54. The van der Waals surface area contributed by atoms with E-state index in [0.29, 0.717) is 6.54 Å². The Bertz CT molecular complexity index is 651. The van der Waals surface area contributed by atoms with E-state index in [4.69, 9.17) is 0 Å². The second-order valence-electron chi connectivity index (χ2n) is 5.99. The van der Waals surface area contributed by atoms with Crippen LogP contribution in [0, 0.1) is 0 Å². The van der Waals surface area contributed by atoms with Crippen molar-refractivity contribution in [2.45, 2.75) is 25.4 Å². The smallest absolute Gasteiger partial charge is 0.317 e. The van der Waals surface area contributed by atoms with E-state index in [2.05, 4.69) is 25.2 Å². The Morgan fingerprint density at radius 1 is 1.29 bits per heavy atom. The molecular weight excluding hydrogens is 304 g/mol. The van der Waals surface area contributed by atoms with Crippen LogP contribution in [0.25, 0.3) is 0 Å². The zero-order valence-corrected chi connectivity index (χ0v) is 13.8. The Hall–Kier alpha value is -2.70. The second kappa shape index (κ2) is 7.72. The lowest BCUT2D eigenvalue weighted by Gasteiger charge is -2.34. The lowest BCUT2D eigenvalue weighted by atomic mass is 10.1. The standard InChI is InChI=1S/C17H22N6O/c1-22(12-14-5-9-18-10-6-14)17(24)21-15-4-2-11-23(13-15)16-19-7-3-8-20-16/h3,5-10,15H,2,4,11-13H2,1H3,(H,21,24)/t15-/m0/s1. The topological polar surface area (TPSA) is 74.2 Å². The normalized spacial score (nSPS) is 17.4. The van der Waals surface area contributed by atoms with Crippen molar-refractivity contribution >= 4 is 12.0 Å². The van der Waals surface area contributed by atoms with Crippen molar-refractivity contribution in [2.75, 3.05) is 25.0 Å². The van der Waals surface area contributed by atoms with E-state index in [1.54, 1.807) is 42.8 Å². The van der Waals surface area contributed by atoms with Crippen molar-refractivity contribution < 1.29 is 4.79 Å². The van der Waals surface area contributed by atoms with Gasteiger partial charge in [0.25, 0.3) is 0 Å². The summed E-state index contributed by atoms with van der Waals surface area (Å²) >= 11 is 0. The quantitative estimate of drug-likeness (QED) is 0.925. The molecule has 1 aliphatic heterocycles. The fraction of sp³-hybridized carbons (Fsp3) is 0.412. The van der Waals surface area contributed by atoms with E-state index in [1.807, 2.05) is 12.1 Å². The van der Waals surface area contributed by atoms with Gasteiger partial charge in [-0.25, -0.2) is 14.8 Å². The van der Waals surface area contributed by atoms with Gasteiger partial charge in [-0.15, -0.1) is 0 Å². The molecule has 3 rings (SSSR count). The van der Waals surface area contributed by atoms with Gasteiger partial charge < -0.3 is 15.1 Å². The third kappa shape index (κ3) is 4.18. The summed E-state index contributed by atoms with van der Waals surface area (Å²) in [5, 5.41) is 3.11. The summed E-state index contributed by atoms with van der Waals surface area (Å²) in [4.78, 5) is 28.8. The van der Waals surface area contributed by atoms with Crippen molar-refractivity contribution in [3.05, 3.63) is 48.5 Å². The maximum atomic E-state index is 12.4. The third-order valence-electron chi connectivity index (χ3n) is 4.10. The highest BCUT2D eigenvalue weighted by molar-refractivity contribution is 5.74. The maximum Gasteiger partial charge on any atom is 0.317 e. The van der Waals surface area contributed by atoms with Crippen molar-refractivity contribution in [3.63, 3.8) is 0 Å². The third-order valence-corrected chi connectivity index (χ3v) is 4.10. The minimum atomic E-state index is -0.0624. The first kappa shape index (κ1) is 16.2. The van der Waals surface area contributed by atoms with Crippen molar-refractivity contribution in [1.82, 2.24) is 25.2 Å². The van der Waals surface area contributed by atoms with E-state index in [1.165, 1.54) is 0 Å². The summed E-state index contributed by atoms with van der Waals surface area (Å²) in [7, 11) is 1.80. The van der Waals surface area contributed by atoms with Crippen molar-refractivity contribution in [2.24, 2.45) is 0 Å². The van der Waals surface area contributed by atoms with Crippen LogP contribution in [0.1, 0.15) is 18.4 Å². The molecule has 0 unspecified atom stereocenters. The van der Waals surface area contributed by atoms with Gasteiger partial charge in [0.1, 0.15) is 0 Å². The molecule has 2 amide bonds. The molecular formula is C17H22N6O. The molecule has 1 saturated heterocycles. The van der Waals surface area contributed by atoms with Crippen molar-refractivity contribution in [1.29, 1.82) is 0 Å². The molecule has 7 heteroatoms. The van der Waals surface area contributed by atoms with Gasteiger partial charge in [0.05, 0.1) is 0 Å². The van der Waals surface area contributed by atoms with E-state index < -0.39 is 0 Å². The molecule has 0 bridgehead atoms. The molecule has 24 heavy (non-hydrogen) atoms. The van der Waals surface area contributed by atoms with Gasteiger partial charge in [-0.1, -0.05) is 0 Å². The first-order chi connectivity index (χ1) is 11.7. The van der Waals surface area contributed by atoms with Crippen LogP contribution in [0.5, 0.6) is 0 Å². The van der Waals surface area contributed by atoms with Gasteiger partial charge in [-0.2, -0.15) is 0 Å².